The fraction of sp³-hybridized carbons (Fsp3) is 0.121. The van der Waals surface area contributed by atoms with Crippen LogP contribution in [0.1, 0.15) is 25.0 Å². The molecule has 0 aliphatic heterocycles. The Labute approximate surface area is 254 Å². The van der Waals surface area contributed by atoms with Crippen molar-refractivity contribution in [2.45, 2.75) is 25.0 Å². The van der Waals surface area contributed by atoms with Crippen LogP contribution in [0.3, 0.4) is 0 Å². The van der Waals surface area contributed by atoms with Gasteiger partial charge in [-0.05, 0) is 67.5 Å². The first-order chi connectivity index (χ1) is 21.0. The maximum absolute atomic E-state index is 13.1. The maximum Gasteiger partial charge on any atom is 0.209 e. The van der Waals surface area contributed by atoms with Gasteiger partial charge >= 0.3 is 0 Å². The molecule has 0 heterocycles. The number of hydrogen-bond acceptors (Lipinski definition) is 12. The van der Waals surface area contributed by atoms with Gasteiger partial charge in [0.15, 0.2) is 22.8 Å². The van der Waals surface area contributed by atoms with Gasteiger partial charge < -0.3 is 35.7 Å². The van der Waals surface area contributed by atoms with E-state index in [1.165, 1.54) is 60.7 Å². The van der Waals surface area contributed by atoms with E-state index >= 15 is 0 Å². The second-order valence-electron chi connectivity index (χ2n) is 10.5. The molecule has 12 heteroatoms. The van der Waals surface area contributed by atoms with Gasteiger partial charge in [0.05, 0.1) is 11.1 Å². The van der Waals surface area contributed by atoms with Crippen LogP contribution in [0.2, 0.25) is 0 Å². The van der Waals surface area contributed by atoms with Gasteiger partial charge in [0.1, 0.15) is 39.9 Å². The van der Waals surface area contributed by atoms with Gasteiger partial charge in [-0.2, -0.15) is 0 Å². The zero-order valence-electron chi connectivity index (χ0n) is 23.7. The van der Waals surface area contributed by atoms with E-state index in [4.69, 9.17) is 0 Å². The largest absolute Gasteiger partial charge is 0.508 e. The third-order valence-electron chi connectivity index (χ3n) is 7.15. The number of aliphatic hydroxyl groups excluding tert-OH is 3. The van der Waals surface area contributed by atoms with Crippen molar-refractivity contribution in [3.8, 4) is 11.5 Å². The smallest absolute Gasteiger partial charge is 0.209 e. The van der Waals surface area contributed by atoms with Crippen molar-refractivity contribution < 1.29 is 59.7 Å². The van der Waals surface area contributed by atoms with Crippen LogP contribution < -0.4 is 0 Å². The number of carbonyl (C=O) groups is 5. The van der Waals surface area contributed by atoms with Gasteiger partial charge in [-0.3, -0.25) is 24.0 Å². The highest BCUT2D eigenvalue weighted by Crippen LogP contribution is 2.37. The summed E-state index contributed by atoms with van der Waals surface area (Å²) >= 11 is 0. The average molecular weight is 615 g/mol. The Kier molecular flexibility index (Phi) is 8.32. The van der Waals surface area contributed by atoms with Crippen LogP contribution in [0, 0.1) is 0 Å². The fourth-order valence-corrected chi connectivity index (χ4v) is 4.48. The predicted molar refractivity (Wildman–Crippen MR) is 158 cm³/mol. The molecule has 0 spiro atoms. The minimum Gasteiger partial charge on any atom is -0.508 e. The lowest BCUT2D eigenvalue weighted by Crippen LogP contribution is -2.50. The normalized spacial score (nSPS) is 23.6. The molecule has 12 nitrogen and oxygen atoms in total. The molecule has 0 amide bonds. The Hall–Kier alpha value is -5.85. The molecule has 4 rings (SSSR count). The van der Waals surface area contributed by atoms with Crippen LogP contribution in [0.15, 0.2) is 106 Å². The SMILES string of the molecule is C[C@@]1(O)C(=O)C(C(=O)/C=C/c2ccc(O)cc2)=C(O)/C(=C/C2=C(O)[C@](C)(O)C(=O)C(C(=O)/C=C/c3ccc(O)cc3)=C2O)C1=O. The molecule has 0 saturated carbocycles. The number of carbonyl (C=O) groups excluding carboxylic acids is 5. The minimum atomic E-state index is -2.91. The molecule has 0 bridgehead atoms. The molecule has 0 radical (unpaired) electrons. The van der Waals surface area contributed by atoms with E-state index in [1.54, 1.807) is 0 Å². The lowest BCUT2D eigenvalue weighted by Gasteiger charge is -2.30. The van der Waals surface area contributed by atoms with Crippen molar-refractivity contribution in [3.05, 3.63) is 117 Å². The molecule has 45 heavy (non-hydrogen) atoms. The van der Waals surface area contributed by atoms with E-state index < -0.39 is 79.7 Å². The summed E-state index contributed by atoms with van der Waals surface area (Å²) in [6, 6.07) is 11.0. The summed E-state index contributed by atoms with van der Waals surface area (Å²) in [7, 11) is 0. The Balaban J connectivity index is 1.84. The maximum atomic E-state index is 13.1. The summed E-state index contributed by atoms with van der Waals surface area (Å²) in [5.41, 5.74) is -8.83. The number of aromatic hydroxyl groups is 2. The number of benzene rings is 2. The molecule has 230 valence electrons. The molecule has 2 aliphatic carbocycles. The third-order valence-corrected chi connectivity index (χ3v) is 7.15. The number of rotatable bonds is 7. The summed E-state index contributed by atoms with van der Waals surface area (Å²) in [6.07, 6.45) is 4.70. The molecular formula is C33H26O12. The summed E-state index contributed by atoms with van der Waals surface area (Å²) in [5, 5.41) is 73.0. The number of phenolic OH excluding ortho intramolecular Hbond substituents is 2. The van der Waals surface area contributed by atoms with E-state index in [2.05, 4.69) is 0 Å². The highest BCUT2D eigenvalue weighted by molar-refractivity contribution is 6.37. The Morgan fingerprint density at radius 3 is 1.44 bits per heavy atom. The van der Waals surface area contributed by atoms with E-state index in [0.717, 1.165) is 26.0 Å². The van der Waals surface area contributed by atoms with Crippen molar-refractivity contribution in [1.29, 1.82) is 0 Å². The van der Waals surface area contributed by atoms with Crippen LogP contribution in [0.5, 0.6) is 11.5 Å². The van der Waals surface area contributed by atoms with E-state index in [9.17, 15) is 59.7 Å². The molecule has 7 N–H and O–H groups in total. The Bertz CT molecular complexity index is 1840. The second kappa shape index (κ2) is 11.7. The molecule has 2 aromatic rings. The van der Waals surface area contributed by atoms with Crippen LogP contribution in [-0.4, -0.2) is 75.9 Å². The average Bonchev–Trinajstić information content (AvgIpc) is 2.99. The Morgan fingerprint density at radius 1 is 0.600 bits per heavy atom. The Morgan fingerprint density at radius 2 is 1.00 bits per heavy atom. The van der Waals surface area contributed by atoms with Crippen LogP contribution in [-0.2, 0) is 24.0 Å². The summed E-state index contributed by atoms with van der Waals surface area (Å²) in [5.74, 6) is -10.4. The number of ketones is 5. The van der Waals surface area contributed by atoms with Gasteiger partial charge in [-0.15, -0.1) is 0 Å². The molecule has 0 aromatic heterocycles. The minimum absolute atomic E-state index is 0.0518. The molecule has 0 saturated heterocycles. The molecular weight excluding hydrogens is 588 g/mol. The van der Waals surface area contributed by atoms with Crippen LogP contribution >= 0.6 is 0 Å². The third kappa shape index (κ3) is 5.87. The van der Waals surface area contributed by atoms with Crippen LogP contribution in [0.25, 0.3) is 12.2 Å². The number of phenols is 2. The van der Waals surface area contributed by atoms with Gasteiger partial charge in [0.2, 0.25) is 17.3 Å². The lowest BCUT2D eigenvalue weighted by atomic mass is 9.76. The quantitative estimate of drug-likeness (QED) is 0.136. The lowest BCUT2D eigenvalue weighted by molar-refractivity contribution is -0.145. The van der Waals surface area contributed by atoms with Gasteiger partial charge in [0, 0.05) is 0 Å². The number of aliphatic hydroxyl groups is 5. The molecule has 0 unspecified atom stereocenters. The van der Waals surface area contributed by atoms with Gasteiger partial charge in [0.25, 0.3) is 0 Å². The van der Waals surface area contributed by atoms with Crippen molar-refractivity contribution in [2.75, 3.05) is 0 Å². The monoisotopic (exact) mass is 614 g/mol. The highest BCUT2D eigenvalue weighted by atomic mass is 16.3. The zero-order chi connectivity index (χ0) is 33.4. The van der Waals surface area contributed by atoms with E-state index in [-0.39, 0.29) is 11.5 Å². The topological polar surface area (TPSA) is 227 Å². The number of allylic oxidation sites excluding steroid dienone is 4. The first-order valence-corrected chi connectivity index (χ1v) is 13.1. The fourth-order valence-electron chi connectivity index (χ4n) is 4.48. The van der Waals surface area contributed by atoms with Gasteiger partial charge in [-0.25, -0.2) is 0 Å². The molecule has 0 fully saturated rings. The van der Waals surface area contributed by atoms with E-state index in [1.807, 2.05) is 0 Å². The first kappa shape index (κ1) is 32.1. The molecule has 2 aliphatic rings. The zero-order valence-corrected chi connectivity index (χ0v) is 23.7. The first-order valence-electron chi connectivity index (χ1n) is 13.1. The predicted octanol–water partition coefficient (Wildman–Crippen LogP) is 2.56. The summed E-state index contributed by atoms with van der Waals surface area (Å²) in [6.45, 7) is 1.55. The number of Topliss-reactive ketones (excluding diaryl/α,β-unsaturated/α-hetero) is 3. The van der Waals surface area contributed by atoms with Gasteiger partial charge in [-0.1, -0.05) is 36.4 Å². The van der Waals surface area contributed by atoms with Crippen molar-refractivity contribution in [3.63, 3.8) is 0 Å². The van der Waals surface area contributed by atoms with Crippen molar-refractivity contribution in [1.82, 2.24) is 0 Å². The summed E-state index contributed by atoms with van der Waals surface area (Å²) < 4.78 is 0. The highest BCUT2D eigenvalue weighted by Gasteiger charge is 2.51. The number of hydrogen-bond donors (Lipinski definition) is 7. The van der Waals surface area contributed by atoms with Crippen molar-refractivity contribution >= 4 is 41.1 Å². The second-order valence-corrected chi connectivity index (χ2v) is 10.5. The molecule has 2 atom stereocenters. The van der Waals surface area contributed by atoms with Crippen molar-refractivity contribution in [2.24, 2.45) is 0 Å². The standard InChI is InChI=1S/C33H26O12/c1-32(44)28(40)20(26(38)24(30(32)42)22(36)13-7-16-3-9-18(34)10-4-16)15-21-27(39)25(31(43)33(2,45)29(21)41)23(37)14-8-17-5-11-19(35)12-6-17/h3-15,34-35,38-40,44-45H,1-2H3/b13-7+,14-8+,21-15-/t32-,33-/m0/s1. The summed E-state index contributed by atoms with van der Waals surface area (Å²) in [4.78, 5) is 65.1. The van der Waals surface area contributed by atoms with Crippen LogP contribution in [0.4, 0.5) is 0 Å². The molecule has 2 aromatic carbocycles. The van der Waals surface area contributed by atoms with E-state index in [0.29, 0.717) is 17.2 Å².